The summed E-state index contributed by atoms with van der Waals surface area (Å²) in [4.78, 5) is 0. The molecule has 1 aromatic rings. The molecule has 0 aliphatic heterocycles. The average Bonchev–Trinajstić information content (AvgIpc) is 1.77. The minimum Gasteiger partial charge on any atom is -0.0827 e. The molecule has 1 aromatic carbocycles. The third kappa shape index (κ3) is 2.69. The van der Waals surface area contributed by atoms with E-state index in [1.54, 1.807) is 12.1 Å². The van der Waals surface area contributed by atoms with Gasteiger partial charge in [-0.25, -0.2) is 0 Å². The second-order valence-electron chi connectivity index (χ2n) is 1.41. The average molecular weight is 253 g/mol. The summed E-state index contributed by atoms with van der Waals surface area (Å²) >= 11 is 11.2. The summed E-state index contributed by atoms with van der Waals surface area (Å²) in [5.41, 5.74) is 0. The third-order valence-corrected chi connectivity index (χ3v) is 1.58. The number of hydrogen-bond donors (Lipinski definition) is 0. The van der Waals surface area contributed by atoms with Crippen LogP contribution >= 0.6 is 23.2 Å². The summed E-state index contributed by atoms with van der Waals surface area (Å²) in [6, 6.07) is 7.19. The van der Waals surface area contributed by atoms with Gasteiger partial charge in [-0.05, 0) is 12.1 Å². The van der Waals surface area contributed by atoms with Gasteiger partial charge in [0.05, 0.1) is 10.0 Å². The summed E-state index contributed by atoms with van der Waals surface area (Å²) < 4.78 is 0. The summed E-state index contributed by atoms with van der Waals surface area (Å²) in [5, 5.41) is 1.21. The molecule has 0 bridgehead atoms. The summed E-state index contributed by atoms with van der Waals surface area (Å²) in [5.74, 6) is 0. The molecule has 0 atom stereocenters. The Balaban J connectivity index is 0.000000640. The molecule has 0 radical (unpaired) electrons. The minimum absolute atomic E-state index is 0. The van der Waals surface area contributed by atoms with Gasteiger partial charge in [0, 0.05) is 20.4 Å². The third-order valence-electron chi connectivity index (χ3n) is 0.824. The fourth-order valence-electron chi connectivity index (χ4n) is 0.439. The molecule has 0 saturated heterocycles. The van der Waals surface area contributed by atoms with Crippen LogP contribution in [0.3, 0.4) is 0 Å². The SMILES string of the molecule is Clc1ccccc1Cl.[Pd]. The van der Waals surface area contributed by atoms with Gasteiger partial charge < -0.3 is 0 Å². The second kappa shape index (κ2) is 4.31. The molecule has 0 aromatic heterocycles. The van der Waals surface area contributed by atoms with E-state index in [0.717, 1.165) is 0 Å². The zero-order chi connectivity index (χ0) is 5.98. The monoisotopic (exact) mass is 252 g/mol. The molecular formula is C6H4Cl2Pd. The Morgan fingerprint density at radius 2 is 1.22 bits per heavy atom. The largest absolute Gasteiger partial charge is 0.0827 e. The van der Waals surface area contributed by atoms with Crippen molar-refractivity contribution >= 4 is 23.2 Å². The van der Waals surface area contributed by atoms with Crippen molar-refractivity contribution < 1.29 is 20.4 Å². The Morgan fingerprint density at radius 3 is 1.44 bits per heavy atom. The molecule has 0 aliphatic rings. The van der Waals surface area contributed by atoms with Crippen LogP contribution in [0, 0.1) is 0 Å². The van der Waals surface area contributed by atoms with E-state index in [2.05, 4.69) is 0 Å². The number of benzene rings is 1. The molecule has 52 valence electrons. The Bertz CT molecular complexity index is 167. The minimum atomic E-state index is 0. The van der Waals surface area contributed by atoms with Crippen LogP contribution in [-0.2, 0) is 20.4 Å². The van der Waals surface area contributed by atoms with Gasteiger partial charge in [-0.3, -0.25) is 0 Å². The first-order valence-corrected chi connectivity index (χ1v) is 2.96. The van der Waals surface area contributed by atoms with Crippen LogP contribution in [0.1, 0.15) is 0 Å². The summed E-state index contributed by atoms with van der Waals surface area (Å²) in [6.07, 6.45) is 0. The van der Waals surface area contributed by atoms with Crippen molar-refractivity contribution in [3.8, 4) is 0 Å². The van der Waals surface area contributed by atoms with Gasteiger partial charge in [-0.15, -0.1) is 0 Å². The Labute approximate surface area is 77.8 Å². The molecular weight excluding hydrogens is 249 g/mol. The van der Waals surface area contributed by atoms with Crippen LogP contribution in [0.4, 0.5) is 0 Å². The van der Waals surface area contributed by atoms with Crippen LogP contribution in [0.2, 0.25) is 10.0 Å². The molecule has 3 heteroatoms. The molecule has 0 spiro atoms. The molecule has 0 aliphatic carbocycles. The second-order valence-corrected chi connectivity index (χ2v) is 2.23. The Kier molecular flexibility index (Phi) is 4.53. The van der Waals surface area contributed by atoms with Gasteiger partial charge in [-0.1, -0.05) is 35.3 Å². The smallest absolute Gasteiger partial charge is 0.0592 e. The first kappa shape index (κ1) is 9.46. The molecule has 1 rings (SSSR count). The number of halogens is 2. The fraction of sp³-hybridized carbons (Fsp3) is 0. The summed E-state index contributed by atoms with van der Waals surface area (Å²) in [7, 11) is 0. The van der Waals surface area contributed by atoms with Crippen LogP contribution in [-0.4, -0.2) is 0 Å². The van der Waals surface area contributed by atoms with Crippen molar-refractivity contribution in [2.45, 2.75) is 0 Å². The standard InChI is InChI=1S/C6H4Cl2.Pd/c7-5-3-1-2-4-6(5)8;/h1-4H;. The van der Waals surface area contributed by atoms with Crippen molar-refractivity contribution in [2.24, 2.45) is 0 Å². The van der Waals surface area contributed by atoms with Crippen LogP contribution in [0.25, 0.3) is 0 Å². The molecule has 9 heavy (non-hydrogen) atoms. The number of rotatable bonds is 0. The van der Waals surface area contributed by atoms with E-state index >= 15 is 0 Å². The van der Waals surface area contributed by atoms with Crippen molar-refractivity contribution in [1.29, 1.82) is 0 Å². The van der Waals surface area contributed by atoms with Crippen LogP contribution in [0.15, 0.2) is 24.3 Å². The van der Waals surface area contributed by atoms with E-state index < -0.39 is 0 Å². The normalized spacial score (nSPS) is 8.22. The van der Waals surface area contributed by atoms with Crippen LogP contribution < -0.4 is 0 Å². The van der Waals surface area contributed by atoms with Gasteiger partial charge >= 0.3 is 0 Å². The Morgan fingerprint density at radius 1 is 0.889 bits per heavy atom. The first-order valence-electron chi connectivity index (χ1n) is 2.21. The van der Waals surface area contributed by atoms with E-state index in [0.29, 0.717) is 10.0 Å². The van der Waals surface area contributed by atoms with Gasteiger partial charge in [0.1, 0.15) is 0 Å². The van der Waals surface area contributed by atoms with E-state index in [1.165, 1.54) is 0 Å². The maximum atomic E-state index is 5.58. The van der Waals surface area contributed by atoms with E-state index in [4.69, 9.17) is 23.2 Å². The quantitative estimate of drug-likeness (QED) is 0.624. The predicted molar refractivity (Wildman–Crippen MR) is 36.5 cm³/mol. The van der Waals surface area contributed by atoms with E-state index in [1.807, 2.05) is 12.1 Å². The van der Waals surface area contributed by atoms with Crippen molar-refractivity contribution in [3.63, 3.8) is 0 Å². The molecule has 0 amide bonds. The predicted octanol–water partition coefficient (Wildman–Crippen LogP) is 2.99. The van der Waals surface area contributed by atoms with Crippen LogP contribution in [0.5, 0.6) is 0 Å². The number of hydrogen-bond acceptors (Lipinski definition) is 0. The molecule has 0 nitrogen and oxygen atoms in total. The van der Waals surface area contributed by atoms with Crippen molar-refractivity contribution in [2.75, 3.05) is 0 Å². The van der Waals surface area contributed by atoms with Gasteiger partial charge in [-0.2, -0.15) is 0 Å². The molecule has 0 fully saturated rings. The zero-order valence-corrected chi connectivity index (χ0v) is 7.45. The molecule has 0 heterocycles. The van der Waals surface area contributed by atoms with Gasteiger partial charge in [0.2, 0.25) is 0 Å². The zero-order valence-electron chi connectivity index (χ0n) is 4.38. The van der Waals surface area contributed by atoms with Gasteiger partial charge in [0.25, 0.3) is 0 Å². The molecule has 0 N–H and O–H groups in total. The first-order chi connectivity index (χ1) is 3.80. The van der Waals surface area contributed by atoms with Crippen molar-refractivity contribution in [3.05, 3.63) is 34.3 Å². The van der Waals surface area contributed by atoms with E-state index in [9.17, 15) is 0 Å². The maximum absolute atomic E-state index is 5.58. The molecule has 0 saturated carbocycles. The van der Waals surface area contributed by atoms with Crippen molar-refractivity contribution in [1.82, 2.24) is 0 Å². The molecule has 0 unspecified atom stereocenters. The fourth-order valence-corrected chi connectivity index (χ4v) is 0.711. The Hall–Kier alpha value is 0.462. The summed E-state index contributed by atoms with van der Waals surface area (Å²) in [6.45, 7) is 0. The topological polar surface area (TPSA) is 0 Å². The van der Waals surface area contributed by atoms with Gasteiger partial charge in [0.15, 0.2) is 0 Å². The van der Waals surface area contributed by atoms with E-state index in [-0.39, 0.29) is 20.4 Å². The maximum Gasteiger partial charge on any atom is 0.0592 e.